The van der Waals surface area contributed by atoms with E-state index >= 15 is 0 Å². The van der Waals surface area contributed by atoms with Crippen molar-refractivity contribution in [3.63, 3.8) is 0 Å². The van der Waals surface area contributed by atoms with Crippen molar-refractivity contribution in [2.24, 2.45) is 5.92 Å². The predicted molar refractivity (Wildman–Crippen MR) is 108 cm³/mol. The number of hydrogen-bond donors (Lipinski definition) is 0. The Morgan fingerprint density at radius 1 is 1.24 bits per heavy atom. The van der Waals surface area contributed by atoms with Gasteiger partial charge in [0.15, 0.2) is 5.67 Å². The van der Waals surface area contributed by atoms with E-state index in [4.69, 9.17) is 4.98 Å². The SMILES string of the molecule is Cc1c(N2CCc3nc(C4(F)CC4)sc3C2)nc2nn(CC3CC3)c(=O)n2c1C. The summed E-state index contributed by atoms with van der Waals surface area (Å²) in [6.45, 7) is 6.11. The lowest BCUT2D eigenvalue weighted by Crippen LogP contribution is -2.32. The lowest BCUT2D eigenvalue weighted by Gasteiger charge is -2.28. The molecule has 0 N–H and O–H groups in total. The average Bonchev–Trinajstić information content (AvgIpc) is 3.59. The smallest absolute Gasteiger partial charge is 0.351 e. The molecule has 0 amide bonds. The molecule has 6 rings (SSSR count). The highest BCUT2D eigenvalue weighted by molar-refractivity contribution is 7.12. The Morgan fingerprint density at radius 3 is 2.76 bits per heavy atom. The summed E-state index contributed by atoms with van der Waals surface area (Å²) < 4.78 is 17.6. The number of fused-ring (bicyclic) bond motifs is 2. The van der Waals surface area contributed by atoms with Gasteiger partial charge in [0.25, 0.3) is 5.78 Å². The molecular formula is C20H23FN6OS. The predicted octanol–water partition coefficient (Wildman–Crippen LogP) is 2.90. The third-order valence-electron chi connectivity index (χ3n) is 6.47. The van der Waals surface area contributed by atoms with Crippen LogP contribution in [0.15, 0.2) is 4.79 Å². The Labute approximate surface area is 171 Å². The highest BCUT2D eigenvalue weighted by Crippen LogP contribution is 2.51. The molecule has 152 valence electrons. The van der Waals surface area contributed by atoms with Crippen LogP contribution < -0.4 is 10.6 Å². The molecule has 3 aromatic heterocycles. The zero-order valence-corrected chi connectivity index (χ0v) is 17.4. The zero-order valence-electron chi connectivity index (χ0n) is 16.6. The fourth-order valence-corrected chi connectivity index (χ4v) is 5.40. The van der Waals surface area contributed by atoms with Gasteiger partial charge in [-0.05, 0) is 45.4 Å². The number of nitrogens with zero attached hydrogens (tertiary/aromatic N) is 6. The van der Waals surface area contributed by atoms with E-state index in [2.05, 4.69) is 15.0 Å². The van der Waals surface area contributed by atoms with Crippen molar-refractivity contribution in [1.82, 2.24) is 24.1 Å². The van der Waals surface area contributed by atoms with Crippen LogP contribution in [0.25, 0.3) is 5.78 Å². The number of aryl methyl sites for hydroxylation is 1. The molecule has 2 aliphatic carbocycles. The van der Waals surface area contributed by atoms with Gasteiger partial charge in [-0.25, -0.2) is 23.3 Å². The second-order valence-corrected chi connectivity index (χ2v) is 9.80. The van der Waals surface area contributed by atoms with Gasteiger partial charge in [0.2, 0.25) is 0 Å². The van der Waals surface area contributed by atoms with Gasteiger partial charge in [0, 0.05) is 35.6 Å². The number of aromatic nitrogens is 5. The molecular weight excluding hydrogens is 391 g/mol. The Balaban J connectivity index is 1.37. The molecule has 4 heterocycles. The summed E-state index contributed by atoms with van der Waals surface area (Å²) >= 11 is 1.51. The topological polar surface area (TPSA) is 68.3 Å². The largest absolute Gasteiger partial charge is 0.351 e. The van der Waals surface area contributed by atoms with Crippen molar-refractivity contribution in [3.05, 3.63) is 37.3 Å². The summed E-state index contributed by atoms with van der Waals surface area (Å²) in [5, 5.41) is 5.15. The molecule has 0 radical (unpaired) electrons. The van der Waals surface area contributed by atoms with Crippen LogP contribution in [0.2, 0.25) is 0 Å². The lowest BCUT2D eigenvalue weighted by atomic mass is 10.1. The van der Waals surface area contributed by atoms with Crippen LogP contribution in [0.1, 0.15) is 52.5 Å². The Morgan fingerprint density at radius 2 is 2.03 bits per heavy atom. The van der Waals surface area contributed by atoms with Crippen molar-refractivity contribution < 1.29 is 4.39 Å². The Kier molecular flexibility index (Phi) is 3.55. The highest BCUT2D eigenvalue weighted by atomic mass is 32.1. The van der Waals surface area contributed by atoms with Crippen molar-refractivity contribution >= 4 is 22.9 Å². The minimum atomic E-state index is -1.17. The fourth-order valence-electron chi connectivity index (χ4n) is 4.13. The van der Waals surface area contributed by atoms with E-state index in [9.17, 15) is 9.18 Å². The number of thiazole rings is 1. The van der Waals surface area contributed by atoms with Crippen LogP contribution in [-0.4, -0.2) is 30.7 Å². The van der Waals surface area contributed by atoms with Gasteiger partial charge in [-0.2, -0.15) is 4.98 Å². The number of anilines is 1. The van der Waals surface area contributed by atoms with E-state index in [1.807, 2.05) is 13.8 Å². The number of hydrogen-bond acceptors (Lipinski definition) is 6. The second kappa shape index (κ2) is 5.87. The van der Waals surface area contributed by atoms with Gasteiger partial charge in [0.05, 0.1) is 12.2 Å². The first-order valence-electron chi connectivity index (χ1n) is 10.3. The first-order chi connectivity index (χ1) is 13.9. The summed E-state index contributed by atoms with van der Waals surface area (Å²) in [4.78, 5) is 25.5. The molecule has 29 heavy (non-hydrogen) atoms. The summed E-state index contributed by atoms with van der Waals surface area (Å²) in [5.74, 6) is 1.90. The van der Waals surface area contributed by atoms with Crippen LogP contribution in [0, 0.1) is 19.8 Å². The zero-order chi connectivity index (χ0) is 19.9. The summed E-state index contributed by atoms with van der Waals surface area (Å²) in [6.07, 6.45) is 4.32. The van der Waals surface area contributed by atoms with E-state index in [0.29, 0.717) is 42.6 Å². The van der Waals surface area contributed by atoms with E-state index in [0.717, 1.165) is 40.6 Å². The minimum absolute atomic E-state index is 0.0998. The first kappa shape index (κ1) is 17.6. The fraction of sp³-hybridized carbons (Fsp3) is 0.600. The van der Waals surface area contributed by atoms with Gasteiger partial charge in [0.1, 0.15) is 10.8 Å². The van der Waals surface area contributed by atoms with E-state index < -0.39 is 5.67 Å². The van der Waals surface area contributed by atoms with Gasteiger partial charge < -0.3 is 4.90 Å². The molecule has 1 aliphatic heterocycles. The monoisotopic (exact) mass is 414 g/mol. The molecule has 2 fully saturated rings. The maximum atomic E-state index is 14.4. The molecule has 0 unspecified atom stereocenters. The molecule has 0 bridgehead atoms. The summed E-state index contributed by atoms with van der Waals surface area (Å²) in [5.41, 5.74) is 1.63. The molecule has 0 saturated heterocycles. The molecule has 3 aliphatic rings. The minimum Gasteiger partial charge on any atom is -0.351 e. The van der Waals surface area contributed by atoms with E-state index in [1.54, 1.807) is 9.08 Å². The van der Waals surface area contributed by atoms with Gasteiger partial charge >= 0.3 is 5.69 Å². The maximum absolute atomic E-state index is 14.4. The van der Waals surface area contributed by atoms with Gasteiger partial charge in [-0.15, -0.1) is 16.4 Å². The van der Waals surface area contributed by atoms with Crippen LogP contribution in [0.3, 0.4) is 0 Å². The van der Waals surface area contributed by atoms with Crippen molar-refractivity contribution in [2.45, 2.75) is 64.7 Å². The molecule has 0 atom stereocenters. The van der Waals surface area contributed by atoms with Gasteiger partial charge in [-0.1, -0.05) is 0 Å². The first-order valence-corrected chi connectivity index (χ1v) is 11.1. The van der Waals surface area contributed by atoms with Crippen molar-refractivity contribution in [3.8, 4) is 0 Å². The Bertz CT molecular complexity index is 1200. The molecule has 0 aromatic carbocycles. The maximum Gasteiger partial charge on any atom is 0.351 e. The third-order valence-corrected chi connectivity index (χ3v) is 7.73. The van der Waals surface area contributed by atoms with Crippen LogP contribution in [0.4, 0.5) is 10.2 Å². The second-order valence-electron chi connectivity index (χ2n) is 8.72. The Hall–Kier alpha value is -2.29. The number of alkyl halides is 1. The van der Waals surface area contributed by atoms with Crippen LogP contribution in [-0.2, 0) is 25.2 Å². The standard InChI is InChI=1S/C20H23FN6OS/c1-11-12(2)27-18(24-26(19(27)28)9-13-3-4-13)23-16(11)25-8-5-14-15(10-25)29-17(22-14)20(21)6-7-20/h13H,3-10H2,1-2H3. The number of rotatable bonds is 4. The highest BCUT2D eigenvalue weighted by Gasteiger charge is 2.48. The molecule has 3 aromatic rings. The van der Waals surface area contributed by atoms with E-state index in [-0.39, 0.29) is 5.69 Å². The lowest BCUT2D eigenvalue weighted by molar-refractivity contribution is 0.316. The third kappa shape index (κ3) is 2.73. The summed E-state index contributed by atoms with van der Waals surface area (Å²) in [7, 11) is 0. The van der Waals surface area contributed by atoms with E-state index in [1.165, 1.54) is 24.2 Å². The average molecular weight is 415 g/mol. The molecule has 9 heteroatoms. The quantitative estimate of drug-likeness (QED) is 0.657. The van der Waals surface area contributed by atoms with Crippen molar-refractivity contribution in [1.29, 1.82) is 0 Å². The molecule has 7 nitrogen and oxygen atoms in total. The van der Waals surface area contributed by atoms with Gasteiger partial charge in [-0.3, -0.25) is 0 Å². The molecule has 2 saturated carbocycles. The number of halogens is 1. The van der Waals surface area contributed by atoms with Crippen LogP contribution >= 0.6 is 11.3 Å². The summed E-state index contributed by atoms with van der Waals surface area (Å²) in [6, 6.07) is 0. The normalized spacial score (nSPS) is 20.3. The molecule has 0 spiro atoms. The van der Waals surface area contributed by atoms with Crippen molar-refractivity contribution in [2.75, 3.05) is 11.4 Å². The van der Waals surface area contributed by atoms with Crippen LogP contribution in [0.5, 0.6) is 0 Å².